The molecule has 1 heterocycles. The molecule has 1 aliphatic carbocycles. The van der Waals surface area contributed by atoms with E-state index in [0.717, 1.165) is 17.5 Å². The summed E-state index contributed by atoms with van der Waals surface area (Å²) in [5.41, 5.74) is -0.881. The van der Waals surface area contributed by atoms with Crippen LogP contribution in [0.5, 0.6) is 0 Å². The first kappa shape index (κ1) is 15.2. The van der Waals surface area contributed by atoms with Crippen molar-refractivity contribution in [1.82, 2.24) is 15.1 Å². The fourth-order valence-electron chi connectivity index (χ4n) is 2.41. The molecule has 0 aliphatic heterocycles. The molecular formula is C14H19N3O4. The third-order valence-electron chi connectivity index (χ3n) is 4.16. The standard InChI is InChI=1S/C14H19N3O4/c1-7-8(2)16-17(4)12(19)10(7)11(18)15-14(3,13(20)21)9-5-6-9/h9H,5-6H2,1-4H3,(H,15,18)(H,20,21). The van der Waals surface area contributed by atoms with Gasteiger partial charge in [0, 0.05) is 7.05 Å². The van der Waals surface area contributed by atoms with Gasteiger partial charge in [-0.25, -0.2) is 9.48 Å². The van der Waals surface area contributed by atoms with Crippen LogP contribution in [-0.2, 0) is 11.8 Å². The van der Waals surface area contributed by atoms with E-state index in [1.165, 1.54) is 14.0 Å². The van der Waals surface area contributed by atoms with Crippen molar-refractivity contribution in [3.63, 3.8) is 0 Å². The van der Waals surface area contributed by atoms with E-state index in [1.54, 1.807) is 13.8 Å². The van der Waals surface area contributed by atoms with Crippen molar-refractivity contribution in [1.29, 1.82) is 0 Å². The number of aromatic nitrogens is 2. The summed E-state index contributed by atoms with van der Waals surface area (Å²) < 4.78 is 1.09. The van der Waals surface area contributed by atoms with Crippen LogP contribution < -0.4 is 10.9 Å². The molecule has 7 heteroatoms. The topological polar surface area (TPSA) is 101 Å². The normalized spacial score (nSPS) is 17.1. The zero-order valence-corrected chi connectivity index (χ0v) is 12.6. The predicted octanol–water partition coefficient (Wildman–Crippen LogP) is 0.380. The maximum atomic E-state index is 12.4. The second kappa shape index (κ2) is 4.98. The number of carbonyl (C=O) groups excluding carboxylic acids is 1. The fourth-order valence-corrected chi connectivity index (χ4v) is 2.41. The molecule has 0 aromatic carbocycles. The summed E-state index contributed by atoms with van der Waals surface area (Å²) >= 11 is 0. The molecule has 1 aromatic heterocycles. The quantitative estimate of drug-likeness (QED) is 0.835. The van der Waals surface area contributed by atoms with E-state index >= 15 is 0 Å². The van der Waals surface area contributed by atoms with Gasteiger partial charge in [-0.2, -0.15) is 5.10 Å². The summed E-state index contributed by atoms with van der Waals surface area (Å²) in [6.45, 7) is 4.81. The van der Waals surface area contributed by atoms with Gasteiger partial charge in [-0.3, -0.25) is 9.59 Å². The first-order chi connectivity index (χ1) is 9.68. The summed E-state index contributed by atoms with van der Waals surface area (Å²) in [6, 6.07) is 0. The summed E-state index contributed by atoms with van der Waals surface area (Å²) in [6.07, 6.45) is 1.52. The van der Waals surface area contributed by atoms with Gasteiger partial charge in [0.2, 0.25) is 0 Å². The molecule has 0 spiro atoms. The maximum Gasteiger partial charge on any atom is 0.329 e. The van der Waals surface area contributed by atoms with Gasteiger partial charge in [-0.1, -0.05) is 0 Å². The van der Waals surface area contributed by atoms with E-state index in [1.807, 2.05) is 0 Å². The van der Waals surface area contributed by atoms with Gasteiger partial charge in [-0.15, -0.1) is 0 Å². The van der Waals surface area contributed by atoms with Crippen molar-refractivity contribution in [2.75, 3.05) is 0 Å². The van der Waals surface area contributed by atoms with E-state index in [0.29, 0.717) is 11.3 Å². The number of amides is 1. The number of aliphatic carboxylic acids is 1. The molecule has 2 rings (SSSR count). The first-order valence-electron chi connectivity index (χ1n) is 6.79. The first-order valence-corrected chi connectivity index (χ1v) is 6.79. The highest BCUT2D eigenvalue weighted by Gasteiger charge is 2.49. The summed E-state index contributed by atoms with van der Waals surface area (Å²) in [7, 11) is 1.46. The molecule has 1 fully saturated rings. The van der Waals surface area contributed by atoms with Crippen LogP contribution in [-0.4, -0.2) is 32.3 Å². The van der Waals surface area contributed by atoms with Gasteiger partial charge < -0.3 is 10.4 Å². The fraction of sp³-hybridized carbons (Fsp3) is 0.571. The van der Waals surface area contributed by atoms with Crippen LogP contribution in [0, 0.1) is 19.8 Å². The maximum absolute atomic E-state index is 12.4. The molecule has 1 atom stereocenters. The van der Waals surface area contributed by atoms with Crippen molar-refractivity contribution in [3.8, 4) is 0 Å². The minimum absolute atomic E-state index is 0.0434. The Bertz CT molecular complexity index is 676. The highest BCUT2D eigenvalue weighted by atomic mass is 16.4. The molecule has 7 nitrogen and oxygen atoms in total. The molecule has 0 radical (unpaired) electrons. The van der Waals surface area contributed by atoms with Crippen LogP contribution in [0.2, 0.25) is 0 Å². The SMILES string of the molecule is Cc1nn(C)c(=O)c(C(=O)NC(C)(C(=O)O)C2CC2)c1C. The van der Waals surface area contributed by atoms with Crippen LogP contribution in [0.4, 0.5) is 0 Å². The molecule has 1 aliphatic rings. The number of carboxylic acids is 1. The lowest BCUT2D eigenvalue weighted by Gasteiger charge is -2.26. The lowest BCUT2D eigenvalue weighted by molar-refractivity contribution is -0.144. The molecule has 2 N–H and O–H groups in total. The molecule has 114 valence electrons. The van der Waals surface area contributed by atoms with Crippen LogP contribution in [0.25, 0.3) is 0 Å². The van der Waals surface area contributed by atoms with Gasteiger partial charge in [0.05, 0.1) is 5.69 Å². The molecule has 1 amide bonds. The molecule has 1 saturated carbocycles. The Balaban J connectivity index is 2.42. The predicted molar refractivity (Wildman–Crippen MR) is 75.2 cm³/mol. The van der Waals surface area contributed by atoms with Crippen molar-refractivity contribution in [2.24, 2.45) is 13.0 Å². The number of nitrogens with one attached hydrogen (secondary N) is 1. The number of carboxylic acid groups (broad SMARTS) is 1. The van der Waals surface area contributed by atoms with Crippen molar-refractivity contribution >= 4 is 11.9 Å². The van der Waals surface area contributed by atoms with Crippen molar-refractivity contribution < 1.29 is 14.7 Å². The van der Waals surface area contributed by atoms with Gasteiger partial charge in [0.1, 0.15) is 11.1 Å². The molecular weight excluding hydrogens is 274 g/mol. The van der Waals surface area contributed by atoms with Crippen LogP contribution in [0.15, 0.2) is 4.79 Å². The third-order valence-corrected chi connectivity index (χ3v) is 4.16. The van der Waals surface area contributed by atoms with Gasteiger partial charge in [0.15, 0.2) is 0 Å². The largest absolute Gasteiger partial charge is 0.480 e. The van der Waals surface area contributed by atoms with E-state index in [2.05, 4.69) is 10.4 Å². The summed E-state index contributed by atoms with van der Waals surface area (Å²) in [5, 5.41) is 15.9. The zero-order valence-electron chi connectivity index (χ0n) is 12.6. The van der Waals surface area contributed by atoms with Crippen LogP contribution in [0.3, 0.4) is 0 Å². The van der Waals surface area contributed by atoms with Crippen molar-refractivity contribution in [2.45, 2.75) is 39.2 Å². The lowest BCUT2D eigenvalue weighted by atomic mass is 9.95. The minimum Gasteiger partial charge on any atom is -0.480 e. The average molecular weight is 293 g/mol. The third kappa shape index (κ3) is 2.55. The Morgan fingerprint density at radius 2 is 1.95 bits per heavy atom. The lowest BCUT2D eigenvalue weighted by Crippen LogP contribution is -2.55. The van der Waals surface area contributed by atoms with Crippen LogP contribution in [0.1, 0.15) is 41.4 Å². The number of aryl methyl sites for hydroxylation is 2. The van der Waals surface area contributed by atoms with Crippen molar-refractivity contribution in [3.05, 3.63) is 27.2 Å². The van der Waals surface area contributed by atoms with E-state index < -0.39 is 23.0 Å². The Labute approximate surface area is 122 Å². The van der Waals surface area contributed by atoms with Gasteiger partial charge in [0.25, 0.3) is 11.5 Å². The molecule has 0 bridgehead atoms. The number of rotatable bonds is 4. The molecule has 21 heavy (non-hydrogen) atoms. The number of nitrogens with zero attached hydrogens (tertiary/aromatic N) is 2. The molecule has 1 unspecified atom stereocenters. The highest BCUT2D eigenvalue weighted by molar-refractivity contribution is 5.98. The van der Waals surface area contributed by atoms with Gasteiger partial charge >= 0.3 is 5.97 Å². The van der Waals surface area contributed by atoms with E-state index in [4.69, 9.17) is 0 Å². The Morgan fingerprint density at radius 3 is 2.43 bits per heavy atom. The smallest absolute Gasteiger partial charge is 0.329 e. The summed E-state index contributed by atoms with van der Waals surface area (Å²) in [4.78, 5) is 36.0. The highest BCUT2D eigenvalue weighted by Crippen LogP contribution is 2.39. The molecule has 0 saturated heterocycles. The Morgan fingerprint density at radius 1 is 1.38 bits per heavy atom. The van der Waals surface area contributed by atoms with E-state index in [9.17, 15) is 19.5 Å². The zero-order chi connectivity index (χ0) is 15.9. The minimum atomic E-state index is -1.34. The van der Waals surface area contributed by atoms with E-state index in [-0.39, 0.29) is 11.5 Å². The number of hydrogen-bond acceptors (Lipinski definition) is 4. The summed E-state index contributed by atoms with van der Waals surface area (Å²) in [5.74, 6) is -1.83. The second-order valence-corrected chi connectivity index (χ2v) is 5.75. The average Bonchev–Trinajstić information content (AvgIpc) is 3.20. The van der Waals surface area contributed by atoms with Crippen LogP contribution >= 0.6 is 0 Å². The number of hydrogen-bond donors (Lipinski definition) is 2. The Hall–Kier alpha value is -2.18. The number of carbonyl (C=O) groups is 2. The van der Waals surface area contributed by atoms with Gasteiger partial charge in [-0.05, 0) is 45.1 Å². The molecule has 1 aromatic rings. The Kier molecular flexibility index (Phi) is 3.61. The monoisotopic (exact) mass is 293 g/mol. The second-order valence-electron chi connectivity index (χ2n) is 5.75.